The van der Waals surface area contributed by atoms with Gasteiger partial charge in [0.1, 0.15) is 11.6 Å². The zero-order chi connectivity index (χ0) is 24.1. The quantitative estimate of drug-likeness (QED) is 0.392. The molecule has 0 amide bonds. The third-order valence-electron chi connectivity index (χ3n) is 3.86. The van der Waals surface area contributed by atoms with Crippen molar-refractivity contribution in [1.29, 1.82) is 0 Å². The topological polar surface area (TPSA) is 88.5 Å². The number of halogens is 6. The maximum Gasteiger partial charge on any atom is 0.573 e. The number of aliphatic hydroxyl groups is 1. The van der Waals surface area contributed by atoms with Crippen molar-refractivity contribution in [2.45, 2.75) is 12.7 Å². The van der Waals surface area contributed by atoms with Crippen LogP contribution in [0.2, 0.25) is 0 Å². The SMILES string of the molecule is OCCNc1nc(Nc2ccccc2OC(F)(F)F)cc(-c2cccc(OC(F)(F)F)c2)n1. The molecule has 1 heterocycles. The van der Waals surface area contributed by atoms with Crippen LogP contribution in [0.4, 0.5) is 43.8 Å². The number of aromatic nitrogens is 2. The summed E-state index contributed by atoms with van der Waals surface area (Å²) in [5.41, 5.74) is 0.283. The van der Waals surface area contributed by atoms with Gasteiger partial charge in [0.05, 0.1) is 18.0 Å². The lowest BCUT2D eigenvalue weighted by Crippen LogP contribution is -2.18. The van der Waals surface area contributed by atoms with Crippen LogP contribution in [0.15, 0.2) is 54.6 Å². The molecular formula is C20H16F6N4O3. The number of alkyl halides is 6. The lowest BCUT2D eigenvalue weighted by molar-refractivity contribution is -0.275. The first-order chi connectivity index (χ1) is 15.5. The summed E-state index contributed by atoms with van der Waals surface area (Å²) in [6.07, 6.45) is -9.82. The van der Waals surface area contributed by atoms with Gasteiger partial charge in [-0.3, -0.25) is 0 Å². The summed E-state index contributed by atoms with van der Waals surface area (Å²) in [5, 5.41) is 14.4. The van der Waals surface area contributed by atoms with Crippen molar-refractivity contribution in [3.8, 4) is 22.8 Å². The molecule has 3 N–H and O–H groups in total. The number of nitrogens with one attached hydrogen (secondary N) is 2. The van der Waals surface area contributed by atoms with Gasteiger partial charge in [-0.05, 0) is 24.3 Å². The van der Waals surface area contributed by atoms with Crippen LogP contribution in [0.3, 0.4) is 0 Å². The molecular weight excluding hydrogens is 458 g/mol. The van der Waals surface area contributed by atoms with E-state index in [9.17, 15) is 26.3 Å². The Morgan fingerprint density at radius 1 is 0.848 bits per heavy atom. The molecule has 0 bridgehead atoms. The Hall–Kier alpha value is -3.74. The van der Waals surface area contributed by atoms with Crippen LogP contribution < -0.4 is 20.1 Å². The maximum absolute atomic E-state index is 12.7. The fraction of sp³-hybridized carbons (Fsp3) is 0.200. The van der Waals surface area contributed by atoms with Crippen LogP contribution in [0.5, 0.6) is 11.5 Å². The minimum Gasteiger partial charge on any atom is -0.406 e. The maximum atomic E-state index is 12.7. The zero-order valence-electron chi connectivity index (χ0n) is 16.5. The molecule has 33 heavy (non-hydrogen) atoms. The van der Waals surface area contributed by atoms with Gasteiger partial charge < -0.3 is 25.2 Å². The van der Waals surface area contributed by atoms with Crippen molar-refractivity contribution in [2.75, 3.05) is 23.8 Å². The number of benzene rings is 2. The summed E-state index contributed by atoms with van der Waals surface area (Å²) in [6, 6.07) is 11.5. The monoisotopic (exact) mass is 474 g/mol. The fourth-order valence-corrected chi connectivity index (χ4v) is 2.68. The van der Waals surface area contributed by atoms with E-state index in [0.29, 0.717) is 0 Å². The average molecular weight is 474 g/mol. The molecule has 0 spiro atoms. The largest absolute Gasteiger partial charge is 0.573 e. The summed E-state index contributed by atoms with van der Waals surface area (Å²) in [6.45, 7) is -0.221. The summed E-state index contributed by atoms with van der Waals surface area (Å²) >= 11 is 0. The Labute approximate surface area is 183 Å². The van der Waals surface area contributed by atoms with E-state index in [1.807, 2.05) is 0 Å². The number of nitrogens with zero attached hydrogens (tertiary/aromatic N) is 2. The van der Waals surface area contributed by atoms with E-state index < -0.39 is 24.2 Å². The van der Waals surface area contributed by atoms with Crippen LogP contribution in [0, 0.1) is 0 Å². The molecule has 0 aliphatic heterocycles. The Morgan fingerprint density at radius 2 is 1.58 bits per heavy atom. The van der Waals surface area contributed by atoms with Crippen LogP contribution in [-0.2, 0) is 0 Å². The van der Waals surface area contributed by atoms with Crippen molar-refractivity contribution in [3.05, 3.63) is 54.6 Å². The van der Waals surface area contributed by atoms with Crippen molar-refractivity contribution in [1.82, 2.24) is 9.97 Å². The third-order valence-corrected chi connectivity index (χ3v) is 3.86. The molecule has 0 radical (unpaired) electrons. The Balaban J connectivity index is 1.98. The van der Waals surface area contributed by atoms with Crippen LogP contribution >= 0.6 is 0 Å². The van der Waals surface area contributed by atoms with Crippen molar-refractivity contribution in [3.63, 3.8) is 0 Å². The van der Waals surface area contributed by atoms with Gasteiger partial charge in [-0.1, -0.05) is 24.3 Å². The Morgan fingerprint density at radius 3 is 2.27 bits per heavy atom. The van der Waals surface area contributed by atoms with Gasteiger partial charge in [-0.15, -0.1) is 26.3 Å². The average Bonchev–Trinajstić information content (AvgIpc) is 2.71. The van der Waals surface area contributed by atoms with E-state index >= 15 is 0 Å². The molecule has 3 rings (SSSR count). The van der Waals surface area contributed by atoms with E-state index in [2.05, 4.69) is 30.1 Å². The highest BCUT2D eigenvalue weighted by molar-refractivity contribution is 5.70. The van der Waals surface area contributed by atoms with E-state index in [4.69, 9.17) is 5.11 Å². The highest BCUT2D eigenvalue weighted by Crippen LogP contribution is 2.33. The number of rotatable bonds is 8. The molecule has 2 aromatic carbocycles. The number of para-hydroxylation sites is 2. The number of hydrogen-bond acceptors (Lipinski definition) is 7. The molecule has 0 aliphatic rings. The highest BCUT2D eigenvalue weighted by atomic mass is 19.4. The lowest BCUT2D eigenvalue weighted by Gasteiger charge is -2.15. The Bertz CT molecular complexity index is 1090. The number of aliphatic hydroxyl groups excluding tert-OH is 1. The third kappa shape index (κ3) is 7.42. The van der Waals surface area contributed by atoms with Gasteiger partial charge in [-0.25, -0.2) is 4.98 Å². The van der Waals surface area contributed by atoms with Crippen LogP contribution in [-0.4, -0.2) is 41.0 Å². The first-order valence-electron chi connectivity index (χ1n) is 9.24. The number of anilines is 3. The van der Waals surface area contributed by atoms with E-state index in [1.165, 1.54) is 36.4 Å². The van der Waals surface area contributed by atoms with Gasteiger partial charge in [-0.2, -0.15) is 4.98 Å². The molecule has 0 unspecified atom stereocenters. The molecule has 0 aliphatic carbocycles. The predicted molar refractivity (Wildman–Crippen MR) is 106 cm³/mol. The first kappa shape index (κ1) is 23.9. The van der Waals surface area contributed by atoms with Crippen molar-refractivity contribution >= 4 is 17.5 Å². The molecule has 7 nitrogen and oxygen atoms in total. The van der Waals surface area contributed by atoms with Gasteiger partial charge in [0, 0.05) is 18.2 Å². The van der Waals surface area contributed by atoms with E-state index in [1.54, 1.807) is 0 Å². The van der Waals surface area contributed by atoms with Crippen molar-refractivity contribution in [2.24, 2.45) is 0 Å². The number of ether oxygens (including phenoxy) is 2. The second-order valence-electron chi connectivity index (χ2n) is 6.36. The predicted octanol–water partition coefficient (Wildman–Crippen LogP) is 5.09. The van der Waals surface area contributed by atoms with Gasteiger partial charge in [0.25, 0.3) is 0 Å². The minimum absolute atomic E-state index is 0.0146. The minimum atomic E-state index is -4.93. The molecule has 1 aromatic heterocycles. The molecule has 0 saturated carbocycles. The van der Waals surface area contributed by atoms with Crippen LogP contribution in [0.25, 0.3) is 11.3 Å². The Kier molecular flexibility index (Phi) is 7.11. The normalized spacial score (nSPS) is 11.7. The molecule has 13 heteroatoms. The standard InChI is InChI=1S/C20H16F6N4O3/c21-19(22,23)32-13-5-3-4-12(10-13)15-11-17(30-18(29-15)27-8-9-31)28-14-6-1-2-7-16(14)33-20(24,25)26/h1-7,10-11,31H,8-9H2,(H2,27,28,29,30). The van der Waals surface area contributed by atoms with E-state index in [0.717, 1.165) is 18.2 Å². The van der Waals surface area contributed by atoms with Gasteiger partial charge in [0.2, 0.25) is 5.95 Å². The lowest BCUT2D eigenvalue weighted by atomic mass is 10.1. The second kappa shape index (κ2) is 9.81. The van der Waals surface area contributed by atoms with E-state index in [-0.39, 0.29) is 41.9 Å². The smallest absolute Gasteiger partial charge is 0.406 e. The second-order valence-corrected chi connectivity index (χ2v) is 6.36. The summed E-state index contributed by atoms with van der Waals surface area (Å²) in [4.78, 5) is 8.30. The summed E-state index contributed by atoms with van der Waals surface area (Å²) in [5.74, 6) is -1.02. The highest BCUT2D eigenvalue weighted by Gasteiger charge is 2.32. The first-order valence-corrected chi connectivity index (χ1v) is 9.24. The van der Waals surface area contributed by atoms with Crippen LogP contribution in [0.1, 0.15) is 0 Å². The van der Waals surface area contributed by atoms with Gasteiger partial charge >= 0.3 is 12.7 Å². The molecule has 0 atom stereocenters. The molecule has 3 aromatic rings. The molecule has 176 valence electrons. The zero-order valence-corrected chi connectivity index (χ0v) is 16.5. The van der Waals surface area contributed by atoms with Crippen molar-refractivity contribution < 1.29 is 40.9 Å². The molecule has 0 saturated heterocycles. The number of hydrogen-bond donors (Lipinski definition) is 3. The summed E-state index contributed by atoms with van der Waals surface area (Å²) < 4.78 is 83.7. The molecule has 0 fully saturated rings. The fourth-order valence-electron chi connectivity index (χ4n) is 2.68. The summed E-state index contributed by atoms with van der Waals surface area (Å²) in [7, 11) is 0. The van der Waals surface area contributed by atoms with Gasteiger partial charge in [0.15, 0.2) is 5.75 Å².